The summed E-state index contributed by atoms with van der Waals surface area (Å²) in [6.07, 6.45) is 1.46. The Hall–Kier alpha value is -3.44. The molecule has 0 unspecified atom stereocenters. The number of hydrogen-bond donors (Lipinski definition) is 3. The van der Waals surface area contributed by atoms with Gasteiger partial charge in [-0.25, -0.2) is 17.6 Å². The van der Waals surface area contributed by atoms with Crippen molar-refractivity contribution in [3.05, 3.63) is 65.1 Å². The number of pyridine rings is 1. The van der Waals surface area contributed by atoms with Gasteiger partial charge in [0.15, 0.2) is 17.5 Å². The Morgan fingerprint density at radius 3 is 2.50 bits per heavy atom. The fourth-order valence-corrected chi connectivity index (χ4v) is 5.54. The molecule has 40 heavy (non-hydrogen) atoms. The molecule has 3 aromatic rings. The number of halogens is 4. The number of carboxylic acid groups (broad SMARTS) is 1. The first-order chi connectivity index (χ1) is 19.1. The monoisotopic (exact) mass is 563 g/mol. The van der Waals surface area contributed by atoms with E-state index in [-0.39, 0.29) is 25.1 Å². The van der Waals surface area contributed by atoms with Crippen molar-refractivity contribution < 1.29 is 37.3 Å². The van der Waals surface area contributed by atoms with Crippen molar-refractivity contribution in [3.63, 3.8) is 0 Å². The summed E-state index contributed by atoms with van der Waals surface area (Å²) in [4.78, 5) is 18.2. The zero-order chi connectivity index (χ0) is 28.9. The highest BCUT2D eigenvalue weighted by Gasteiger charge is 2.37. The maximum absolute atomic E-state index is 15.9. The molecule has 2 aromatic carbocycles. The molecule has 1 aliphatic rings. The molecule has 1 saturated heterocycles. The fourth-order valence-electron chi connectivity index (χ4n) is 5.54. The number of hydrogen-bond acceptors (Lipinski definition) is 6. The summed E-state index contributed by atoms with van der Waals surface area (Å²) in [5.74, 6) is -4.46. The minimum absolute atomic E-state index is 0.0832. The second-order valence-corrected chi connectivity index (χ2v) is 10.3. The number of benzene rings is 2. The zero-order valence-electron chi connectivity index (χ0n) is 22.2. The van der Waals surface area contributed by atoms with Gasteiger partial charge in [0.1, 0.15) is 11.9 Å². The number of ether oxygens (including phenoxy) is 1. The average molecular weight is 564 g/mol. The van der Waals surface area contributed by atoms with Gasteiger partial charge in [0.05, 0.1) is 25.7 Å². The number of aliphatic hydroxyl groups is 1. The smallest absolute Gasteiger partial charge is 0.303 e. The normalized spacial score (nSPS) is 16.1. The van der Waals surface area contributed by atoms with E-state index in [1.54, 1.807) is 18.2 Å². The van der Waals surface area contributed by atoms with Crippen LogP contribution in [0.1, 0.15) is 49.4 Å². The van der Waals surface area contributed by atoms with Gasteiger partial charge >= 0.3 is 5.97 Å². The third-order valence-corrected chi connectivity index (χ3v) is 7.79. The molecule has 1 fully saturated rings. The minimum atomic E-state index is -1.52. The summed E-state index contributed by atoms with van der Waals surface area (Å²) < 4.78 is 61.2. The molecule has 4 rings (SSSR count). The van der Waals surface area contributed by atoms with Gasteiger partial charge in [-0.05, 0) is 62.4 Å². The summed E-state index contributed by atoms with van der Waals surface area (Å²) >= 11 is 0. The van der Waals surface area contributed by atoms with Gasteiger partial charge in [0, 0.05) is 53.6 Å². The molecule has 0 spiro atoms. The predicted molar refractivity (Wildman–Crippen MR) is 142 cm³/mol. The molecular formula is C29H33F4N3O4. The molecule has 1 aliphatic heterocycles. The van der Waals surface area contributed by atoms with Crippen molar-refractivity contribution >= 4 is 22.6 Å². The van der Waals surface area contributed by atoms with Crippen LogP contribution in [0.15, 0.2) is 36.5 Å². The number of carboxylic acids is 1. The molecule has 0 radical (unpaired) electrons. The lowest BCUT2D eigenvalue weighted by atomic mass is 9.71. The second-order valence-electron chi connectivity index (χ2n) is 10.3. The Bertz CT molecular complexity index is 1320. The number of likely N-dealkylation sites (tertiary alicyclic amines) is 1. The van der Waals surface area contributed by atoms with Crippen molar-refractivity contribution in [2.45, 2.75) is 44.9 Å². The number of aliphatic hydroxyl groups excluding tert-OH is 1. The van der Waals surface area contributed by atoms with Gasteiger partial charge in [-0.2, -0.15) is 0 Å². The van der Waals surface area contributed by atoms with E-state index in [0.717, 1.165) is 12.1 Å². The van der Waals surface area contributed by atoms with Gasteiger partial charge in [0.2, 0.25) is 0 Å². The highest BCUT2D eigenvalue weighted by Crippen LogP contribution is 2.43. The molecule has 0 aliphatic carbocycles. The standard InChI is InChI=1S/C29H33F4N3O4/c1-40-20-2-3-25-21(14-20)27(18(17-37)16-35-25)22(30)4-5-29(15-26(38)39)6-9-36(10-7-29)11-8-34-19-12-23(31)28(33)24(32)13-19/h2-3,12-14,16,22,34,37H,4-11,15,17H2,1H3,(H,38,39)/t22-/m1/s1. The number of aliphatic carboxylic acids is 1. The SMILES string of the molecule is COc1ccc2ncc(CO)c([C@H](F)CCC3(CC(=O)O)CCN(CCNc4cc(F)c(F)c(F)c4)CC3)c2c1. The van der Waals surface area contributed by atoms with E-state index < -0.39 is 35.0 Å². The van der Waals surface area contributed by atoms with Crippen LogP contribution < -0.4 is 10.1 Å². The topological polar surface area (TPSA) is 94.9 Å². The molecule has 1 atom stereocenters. The molecule has 3 N–H and O–H groups in total. The van der Waals surface area contributed by atoms with Gasteiger partial charge in [-0.1, -0.05) is 0 Å². The third-order valence-electron chi connectivity index (χ3n) is 7.79. The molecule has 7 nitrogen and oxygen atoms in total. The van der Waals surface area contributed by atoms with Gasteiger partial charge in [-0.3, -0.25) is 9.78 Å². The molecule has 0 bridgehead atoms. The first-order valence-corrected chi connectivity index (χ1v) is 13.2. The molecule has 216 valence electrons. The van der Waals surface area contributed by atoms with Crippen molar-refractivity contribution in [1.29, 1.82) is 0 Å². The van der Waals surface area contributed by atoms with E-state index in [1.165, 1.54) is 13.3 Å². The molecular weight excluding hydrogens is 530 g/mol. The average Bonchev–Trinajstić information content (AvgIpc) is 2.94. The van der Waals surface area contributed by atoms with Crippen molar-refractivity contribution in [3.8, 4) is 5.75 Å². The number of nitrogens with zero attached hydrogens (tertiary/aromatic N) is 2. The number of anilines is 1. The van der Waals surface area contributed by atoms with Crippen LogP contribution in [-0.2, 0) is 11.4 Å². The van der Waals surface area contributed by atoms with Gasteiger partial charge in [-0.15, -0.1) is 0 Å². The lowest BCUT2D eigenvalue weighted by Crippen LogP contribution is -2.43. The summed E-state index contributed by atoms with van der Waals surface area (Å²) in [7, 11) is 1.51. The zero-order valence-corrected chi connectivity index (χ0v) is 22.2. The molecule has 11 heteroatoms. The van der Waals surface area contributed by atoms with Crippen LogP contribution in [-0.4, -0.2) is 59.4 Å². The highest BCUT2D eigenvalue weighted by atomic mass is 19.2. The Labute approximate surface area is 229 Å². The number of fused-ring (bicyclic) bond motifs is 1. The van der Waals surface area contributed by atoms with E-state index in [9.17, 15) is 28.2 Å². The first-order valence-electron chi connectivity index (χ1n) is 13.2. The van der Waals surface area contributed by atoms with Gasteiger partial charge in [0.25, 0.3) is 0 Å². The van der Waals surface area contributed by atoms with Crippen LogP contribution in [0.4, 0.5) is 23.2 Å². The number of methoxy groups -OCH3 is 1. The largest absolute Gasteiger partial charge is 0.497 e. The summed E-state index contributed by atoms with van der Waals surface area (Å²) in [6, 6.07) is 6.93. The number of nitrogens with one attached hydrogen (secondary N) is 1. The van der Waals surface area contributed by atoms with E-state index in [0.29, 0.717) is 73.2 Å². The maximum atomic E-state index is 15.9. The molecule has 1 aromatic heterocycles. The van der Waals surface area contributed by atoms with Crippen molar-refractivity contribution in [2.75, 3.05) is 38.6 Å². The van der Waals surface area contributed by atoms with Gasteiger partial charge < -0.3 is 25.2 Å². The molecule has 0 saturated carbocycles. The van der Waals surface area contributed by atoms with Crippen LogP contribution in [0.3, 0.4) is 0 Å². The molecule has 0 amide bonds. The van der Waals surface area contributed by atoms with E-state index in [2.05, 4.69) is 15.2 Å². The Morgan fingerprint density at radius 2 is 1.88 bits per heavy atom. The number of aromatic nitrogens is 1. The van der Waals surface area contributed by atoms with Crippen molar-refractivity contribution in [2.24, 2.45) is 5.41 Å². The quantitative estimate of drug-likeness (QED) is 0.195. The Balaban J connectivity index is 1.40. The fraction of sp³-hybridized carbons (Fsp3) is 0.448. The highest BCUT2D eigenvalue weighted by molar-refractivity contribution is 5.85. The number of piperidine rings is 1. The van der Waals surface area contributed by atoms with Crippen LogP contribution in [0.25, 0.3) is 10.9 Å². The van der Waals surface area contributed by atoms with E-state index >= 15 is 4.39 Å². The molecule has 2 heterocycles. The summed E-state index contributed by atoms with van der Waals surface area (Å²) in [6.45, 7) is 1.66. The Kier molecular flexibility index (Phi) is 9.47. The first kappa shape index (κ1) is 29.5. The third kappa shape index (κ3) is 6.82. The van der Waals surface area contributed by atoms with Crippen molar-refractivity contribution in [1.82, 2.24) is 9.88 Å². The number of rotatable bonds is 12. The minimum Gasteiger partial charge on any atom is -0.497 e. The predicted octanol–water partition coefficient (Wildman–Crippen LogP) is 5.61. The number of alkyl halides is 1. The Morgan fingerprint density at radius 1 is 1.18 bits per heavy atom. The van der Waals surface area contributed by atoms with E-state index in [4.69, 9.17) is 4.74 Å². The lowest BCUT2D eigenvalue weighted by Gasteiger charge is -2.41. The summed E-state index contributed by atoms with van der Waals surface area (Å²) in [5, 5.41) is 22.9. The maximum Gasteiger partial charge on any atom is 0.303 e. The van der Waals surface area contributed by atoms with Crippen LogP contribution in [0, 0.1) is 22.9 Å². The van der Waals surface area contributed by atoms with Crippen LogP contribution in [0.2, 0.25) is 0 Å². The lowest BCUT2D eigenvalue weighted by molar-refractivity contribution is -0.141. The van der Waals surface area contributed by atoms with Crippen LogP contribution >= 0.6 is 0 Å². The summed E-state index contributed by atoms with van der Waals surface area (Å²) in [5.41, 5.74) is 0.830. The second kappa shape index (κ2) is 12.8. The number of carbonyl (C=O) groups is 1. The van der Waals surface area contributed by atoms with Crippen LogP contribution in [0.5, 0.6) is 5.75 Å². The van der Waals surface area contributed by atoms with E-state index in [1.807, 2.05) is 0 Å².